The van der Waals surface area contributed by atoms with E-state index in [2.05, 4.69) is 23.5 Å². The Balaban J connectivity index is 2.14. The molecule has 1 aromatic heterocycles. The lowest BCUT2D eigenvalue weighted by atomic mass is 10.0. The zero-order chi connectivity index (χ0) is 25.7. The average molecular weight is 494 g/mol. The summed E-state index contributed by atoms with van der Waals surface area (Å²) in [4.78, 5) is 40.7. The van der Waals surface area contributed by atoms with E-state index in [1.54, 1.807) is 12.1 Å². The van der Waals surface area contributed by atoms with E-state index in [-0.39, 0.29) is 22.2 Å². The molecule has 9 heteroatoms. The van der Waals surface area contributed by atoms with Crippen molar-refractivity contribution in [1.82, 2.24) is 9.69 Å². The van der Waals surface area contributed by atoms with Gasteiger partial charge in [-0.15, -0.1) is 0 Å². The number of rotatable bonds is 9. The van der Waals surface area contributed by atoms with Crippen LogP contribution >= 0.6 is 11.5 Å². The Labute approximate surface area is 209 Å². The molecule has 5 N–H and O–H groups in total. The first-order chi connectivity index (χ1) is 16.6. The number of benzene rings is 2. The van der Waals surface area contributed by atoms with Crippen molar-refractivity contribution >= 4 is 40.6 Å². The Morgan fingerprint density at radius 2 is 1.57 bits per heavy atom. The normalized spacial score (nSPS) is 11.8. The number of carbonyl (C=O) groups is 3. The SMILES string of the molecule is Cc1ccc([C@H](C(=O)NCCC(C)C)N(C(=O)c2snc(C(N)=O)c2N)c2ccc(C)cc2)cc1. The van der Waals surface area contributed by atoms with Gasteiger partial charge in [0.15, 0.2) is 5.69 Å². The first-order valence-corrected chi connectivity index (χ1v) is 12.2. The highest BCUT2D eigenvalue weighted by molar-refractivity contribution is 7.09. The van der Waals surface area contributed by atoms with Gasteiger partial charge >= 0.3 is 0 Å². The van der Waals surface area contributed by atoms with E-state index in [4.69, 9.17) is 11.5 Å². The maximum absolute atomic E-state index is 13.9. The van der Waals surface area contributed by atoms with Gasteiger partial charge in [-0.25, -0.2) is 0 Å². The predicted molar refractivity (Wildman–Crippen MR) is 139 cm³/mol. The molecule has 0 radical (unpaired) electrons. The van der Waals surface area contributed by atoms with E-state index in [9.17, 15) is 14.4 Å². The number of hydrogen-bond acceptors (Lipinski definition) is 6. The number of nitrogens with zero attached hydrogens (tertiary/aromatic N) is 2. The number of hydrogen-bond donors (Lipinski definition) is 3. The third-order valence-corrected chi connectivity index (χ3v) is 6.46. The molecular formula is C26H31N5O3S. The van der Waals surface area contributed by atoms with Crippen LogP contribution in [0.15, 0.2) is 48.5 Å². The molecule has 184 valence electrons. The van der Waals surface area contributed by atoms with Crippen LogP contribution in [0.5, 0.6) is 0 Å². The fourth-order valence-corrected chi connectivity index (χ4v) is 4.32. The van der Waals surface area contributed by atoms with Gasteiger partial charge in [0.25, 0.3) is 11.8 Å². The van der Waals surface area contributed by atoms with Crippen LogP contribution in [-0.4, -0.2) is 28.6 Å². The molecule has 3 rings (SSSR count). The van der Waals surface area contributed by atoms with Crippen molar-refractivity contribution in [1.29, 1.82) is 0 Å². The van der Waals surface area contributed by atoms with Crippen molar-refractivity contribution in [3.05, 3.63) is 75.8 Å². The lowest BCUT2D eigenvalue weighted by molar-refractivity contribution is -0.122. The van der Waals surface area contributed by atoms with Crippen molar-refractivity contribution in [3.8, 4) is 0 Å². The molecule has 0 saturated heterocycles. The molecule has 8 nitrogen and oxygen atoms in total. The zero-order valence-electron chi connectivity index (χ0n) is 20.4. The van der Waals surface area contributed by atoms with E-state index < -0.39 is 17.9 Å². The lowest BCUT2D eigenvalue weighted by Gasteiger charge is -2.31. The second-order valence-corrected chi connectivity index (χ2v) is 9.71. The fourth-order valence-electron chi connectivity index (χ4n) is 3.57. The van der Waals surface area contributed by atoms with Crippen LogP contribution in [0.3, 0.4) is 0 Å². The number of aromatic nitrogens is 1. The summed E-state index contributed by atoms with van der Waals surface area (Å²) in [6.07, 6.45) is 0.800. The van der Waals surface area contributed by atoms with E-state index in [1.807, 2.05) is 50.2 Å². The molecule has 35 heavy (non-hydrogen) atoms. The zero-order valence-corrected chi connectivity index (χ0v) is 21.2. The molecule has 0 aliphatic rings. The number of nitrogens with one attached hydrogen (secondary N) is 1. The topological polar surface area (TPSA) is 131 Å². The highest BCUT2D eigenvalue weighted by Crippen LogP contribution is 2.33. The Morgan fingerprint density at radius 3 is 2.09 bits per heavy atom. The molecule has 1 atom stereocenters. The first kappa shape index (κ1) is 25.9. The van der Waals surface area contributed by atoms with Gasteiger partial charge in [0.05, 0.1) is 5.69 Å². The van der Waals surface area contributed by atoms with Crippen LogP contribution in [0.25, 0.3) is 0 Å². The number of amides is 3. The summed E-state index contributed by atoms with van der Waals surface area (Å²) in [5.74, 6) is -1.27. The second kappa shape index (κ2) is 11.1. The van der Waals surface area contributed by atoms with Gasteiger partial charge in [0.2, 0.25) is 5.91 Å². The number of nitrogen functional groups attached to an aromatic ring is 1. The van der Waals surface area contributed by atoms with E-state index in [1.165, 1.54) is 4.90 Å². The van der Waals surface area contributed by atoms with Gasteiger partial charge in [-0.3, -0.25) is 19.3 Å². The standard InChI is InChI=1S/C26H31N5O3S/c1-15(2)13-14-29-25(33)22(18-9-5-16(3)6-10-18)31(19-11-7-17(4)8-12-19)26(34)23-20(27)21(24(28)32)30-35-23/h5-12,15,22H,13-14,27H2,1-4H3,(H2,28,32)(H,29,33)/t22-/m1/s1. The average Bonchev–Trinajstić information content (AvgIpc) is 3.20. The lowest BCUT2D eigenvalue weighted by Crippen LogP contribution is -2.44. The Bertz CT molecular complexity index is 1200. The minimum atomic E-state index is -0.975. The van der Waals surface area contributed by atoms with Crippen LogP contribution in [0.4, 0.5) is 11.4 Å². The number of aryl methyl sites for hydroxylation is 2. The van der Waals surface area contributed by atoms with Gasteiger partial charge in [0, 0.05) is 12.2 Å². The second-order valence-electron chi connectivity index (χ2n) is 8.94. The van der Waals surface area contributed by atoms with Gasteiger partial charge in [-0.1, -0.05) is 61.4 Å². The number of carbonyl (C=O) groups excluding carboxylic acids is 3. The van der Waals surface area contributed by atoms with Gasteiger partial charge < -0.3 is 16.8 Å². The van der Waals surface area contributed by atoms with Crippen LogP contribution in [0, 0.1) is 19.8 Å². The summed E-state index contributed by atoms with van der Waals surface area (Å²) in [6, 6.07) is 13.8. The van der Waals surface area contributed by atoms with Gasteiger partial charge in [0.1, 0.15) is 10.9 Å². The molecule has 3 amide bonds. The Kier molecular flexibility index (Phi) is 8.24. The molecule has 0 spiro atoms. The smallest absolute Gasteiger partial charge is 0.273 e. The highest BCUT2D eigenvalue weighted by Gasteiger charge is 2.35. The number of anilines is 2. The predicted octanol–water partition coefficient (Wildman–Crippen LogP) is 3.99. The summed E-state index contributed by atoms with van der Waals surface area (Å²) in [6.45, 7) is 8.52. The molecule has 2 aromatic carbocycles. The first-order valence-electron chi connectivity index (χ1n) is 11.4. The maximum atomic E-state index is 13.9. The van der Waals surface area contributed by atoms with E-state index in [0.29, 0.717) is 23.7 Å². The summed E-state index contributed by atoms with van der Waals surface area (Å²) < 4.78 is 3.98. The van der Waals surface area contributed by atoms with Gasteiger partial charge in [-0.2, -0.15) is 4.37 Å². The Hall–Kier alpha value is -3.72. The molecule has 0 aliphatic heterocycles. The van der Waals surface area contributed by atoms with Crippen LogP contribution in [-0.2, 0) is 4.79 Å². The van der Waals surface area contributed by atoms with E-state index >= 15 is 0 Å². The Morgan fingerprint density at radius 1 is 1.00 bits per heavy atom. The van der Waals surface area contributed by atoms with Crippen LogP contribution in [0.1, 0.15) is 63.2 Å². The monoisotopic (exact) mass is 493 g/mol. The molecular weight excluding hydrogens is 462 g/mol. The van der Waals surface area contributed by atoms with Crippen molar-refractivity contribution in [3.63, 3.8) is 0 Å². The van der Waals surface area contributed by atoms with E-state index in [0.717, 1.165) is 29.1 Å². The maximum Gasteiger partial charge on any atom is 0.273 e. The third-order valence-electron chi connectivity index (χ3n) is 5.61. The summed E-state index contributed by atoms with van der Waals surface area (Å²) in [5, 5.41) is 2.98. The molecule has 0 saturated carbocycles. The molecule has 1 heterocycles. The van der Waals surface area contributed by atoms with Crippen molar-refractivity contribution in [2.24, 2.45) is 11.7 Å². The minimum absolute atomic E-state index is 0.0477. The fraction of sp³-hybridized carbons (Fsp3) is 0.308. The van der Waals surface area contributed by atoms with Crippen LogP contribution < -0.4 is 21.7 Å². The molecule has 3 aromatic rings. The number of nitrogens with two attached hydrogens (primary N) is 2. The summed E-state index contributed by atoms with van der Waals surface area (Å²) in [5.41, 5.74) is 14.4. The summed E-state index contributed by atoms with van der Waals surface area (Å²) >= 11 is 0.789. The summed E-state index contributed by atoms with van der Waals surface area (Å²) in [7, 11) is 0. The highest BCUT2D eigenvalue weighted by atomic mass is 32.1. The van der Waals surface area contributed by atoms with Gasteiger partial charge in [-0.05, 0) is 55.4 Å². The van der Waals surface area contributed by atoms with Crippen molar-refractivity contribution < 1.29 is 14.4 Å². The number of primary amides is 1. The van der Waals surface area contributed by atoms with Crippen LogP contribution in [0.2, 0.25) is 0 Å². The minimum Gasteiger partial charge on any atom is -0.395 e. The van der Waals surface area contributed by atoms with Crippen molar-refractivity contribution in [2.75, 3.05) is 17.2 Å². The quantitative estimate of drug-likeness (QED) is 0.415. The molecule has 0 unspecified atom stereocenters. The molecule has 0 aliphatic carbocycles. The molecule has 0 bridgehead atoms. The van der Waals surface area contributed by atoms with Crippen molar-refractivity contribution in [2.45, 2.75) is 40.2 Å². The largest absolute Gasteiger partial charge is 0.395 e. The third kappa shape index (κ3) is 6.05. The molecule has 0 fully saturated rings.